The molecular weight excluding hydrogens is 186 g/mol. The lowest BCUT2D eigenvalue weighted by Gasteiger charge is -2.14. The van der Waals surface area contributed by atoms with Gasteiger partial charge in [0.1, 0.15) is 0 Å². The van der Waals surface area contributed by atoms with Crippen molar-refractivity contribution >= 4 is 17.2 Å². The van der Waals surface area contributed by atoms with E-state index in [1.54, 1.807) is 6.20 Å². The van der Waals surface area contributed by atoms with Gasteiger partial charge in [0.25, 0.3) is 0 Å². The number of halogens is 1. The fourth-order valence-electron chi connectivity index (χ4n) is 1.61. The van der Waals surface area contributed by atoms with Crippen molar-refractivity contribution in [1.29, 1.82) is 0 Å². The van der Waals surface area contributed by atoms with Gasteiger partial charge < -0.3 is 5.32 Å². The van der Waals surface area contributed by atoms with Crippen molar-refractivity contribution in [2.45, 2.75) is 6.42 Å². The Morgan fingerprint density at radius 2 is 2.46 bits per heavy atom. The second-order valence-electron chi connectivity index (χ2n) is 3.15. The molecule has 1 aromatic rings. The summed E-state index contributed by atoms with van der Waals surface area (Å²) in [5.41, 5.74) is 2.35. The van der Waals surface area contributed by atoms with Crippen molar-refractivity contribution in [2.75, 3.05) is 13.1 Å². The largest absolute Gasteiger partial charge is 0.313 e. The molecule has 70 valence electrons. The molecular formula is C9H12ClN3. The molecule has 0 aliphatic carbocycles. The van der Waals surface area contributed by atoms with E-state index in [2.05, 4.69) is 16.5 Å². The number of aromatic nitrogens is 2. The highest BCUT2D eigenvalue weighted by Gasteiger charge is 2.13. The average Bonchev–Trinajstić information content (AvgIpc) is 2.48. The maximum atomic E-state index is 6.03. The molecule has 0 fully saturated rings. The van der Waals surface area contributed by atoms with Gasteiger partial charge in [-0.25, -0.2) is 0 Å². The van der Waals surface area contributed by atoms with E-state index in [1.807, 2.05) is 11.7 Å². The number of hydrogen-bond acceptors (Lipinski definition) is 2. The molecule has 0 atom stereocenters. The maximum absolute atomic E-state index is 6.03. The van der Waals surface area contributed by atoms with Crippen LogP contribution in [0.1, 0.15) is 12.1 Å². The summed E-state index contributed by atoms with van der Waals surface area (Å²) in [6, 6.07) is 0. The quantitative estimate of drug-likeness (QED) is 0.739. The molecule has 4 heteroatoms. The Morgan fingerprint density at radius 1 is 1.62 bits per heavy atom. The number of rotatable bonds is 1. The van der Waals surface area contributed by atoms with Crippen LogP contribution in [0.15, 0.2) is 12.3 Å². The van der Waals surface area contributed by atoms with Crippen LogP contribution < -0.4 is 5.32 Å². The van der Waals surface area contributed by atoms with Gasteiger partial charge in [0.2, 0.25) is 0 Å². The molecule has 1 aliphatic rings. The minimum atomic E-state index is 0.746. The summed E-state index contributed by atoms with van der Waals surface area (Å²) < 4.78 is 1.83. The summed E-state index contributed by atoms with van der Waals surface area (Å²) in [6.45, 7) is 1.95. The smallest absolute Gasteiger partial charge is 0.0862 e. The Hall–Kier alpha value is -0.800. The molecule has 0 radical (unpaired) electrons. The fraction of sp³-hybridized carbons (Fsp3) is 0.444. The third-order valence-corrected chi connectivity index (χ3v) is 2.54. The van der Waals surface area contributed by atoms with Gasteiger partial charge >= 0.3 is 0 Å². The second kappa shape index (κ2) is 3.52. The third kappa shape index (κ3) is 1.62. The summed E-state index contributed by atoms with van der Waals surface area (Å²) in [6.07, 6.45) is 4.89. The van der Waals surface area contributed by atoms with Gasteiger partial charge in [0.05, 0.1) is 16.9 Å². The molecule has 1 aliphatic heterocycles. The van der Waals surface area contributed by atoms with Crippen LogP contribution >= 0.6 is 11.6 Å². The molecule has 3 nitrogen and oxygen atoms in total. The van der Waals surface area contributed by atoms with E-state index in [-0.39, 0.29) is 0 Å². The lowest BCUT2D eigenvalue weighted by atomic mass is 10.1. The van der Waals surface area contributed by atoms with Crippen molar-refractivity contribution < 1.29 is 0 Å². The van der Waals surface area contributed by atoms with E-state index in [0.717, 1.165) is 30.2 Å². The molecule has 0 unspecified atom stereocenters. The highest BCUT2D eigenvalue weighted by atomic mass is 35.5. The first-order chi connectivity index (χ1) is 6.29. The lowest BCUT2D eigenvalue weighted by Crippen LogP contribution is -2.20. The van der Waals surface area contributed by atoms with Crippen molar-refractivity contribution in [3.8, 4) is 0 Å². The Kier molecular flexibility index (Phi) is 2.38. The molecule has 13 heavy (non-hydrogen) atoms. The lowest BCUT2D eigenvalue weighted by molar-refractivity contribution is 0.714. The van der Waals surface area contributed by atoms with E-state index in [1.165, 1.54) is 5.57 Å². The zero-order valence-corrected chi connectivity index (χ0v) is 8.30. The highest BCUT2D eigenvalue weighted by Crippen LogP contribution is 2.25. The first-order valence-corrected chi connectivity index (χ1v) is 4.74. The van der Waals surface area contributed by atoms with Crippen LogP contribution in [0.4, 0.5) is 0 Å². The van der Waals surface area contributed by atoms with Crippen molar-refractivity contribution in [3.63, 3.8) is 0 Å². The summed E-state index contributed by atoms with van der Waals surface area (Å²) in [5, 5.41) is 8.13. The molecule has 0 saturated carbocycles. The van der Waals surface area contributed by atoms with Crippen molar-refractivity contribution in [1.82, 2.24) is 15.1 Å². The van der Waals surface area contributed by atoms with Crippen molar-refractivity contribution in [3.05, 3.63) is 23.0 Å². The number of hydrogen-bond donors (Lipinski definition) is 1. The van der Waals surface area contributed by atoms with Gasteiger partial charge in [-0.05, 0) is 18.5 Å². The van der Waals surface area contributed by atoms with Crippen LogP contribution in [0.5, 0.6) is 0 Å². The van der Waals surface area contributed by atoms with Gasteiger partial charge in [-0.15, -0.1) is 0 Å². The van der Waals surface area contributed by atoms with Gasteiger partial charge in [0.15, 0.2) is 0 Å². The van der Waals surface area contributed by atoms with E-state index in [0.29, 0.717) is 0 Å². The Morgan fingerprint density at radius 3 is 3.00 bits per heavy atom. The number of aryl methyl sites for hydroxylation is 1. The maximum Gasteiger partial charge on any atom is 0.0862 e. The monoisotopic (exact) mass is 197 g/mol. The minimum absolute atomic E-state index is 0.746. The van der Waals surface area contributed by atoms with E-state index >= 15 is 0 Å². The Bertz CT molecular complexity index is 321. The predicted octanol–water partition coefficient (Wildman–Crippen LogP) is 1.45. The van der Waals surface area contributed by atoms with Crippen LogP contribution in [0.3, 0.4) is 0 Å². The molecule has 1 aromatic heterocycles. The Labute approximate surface area is 82.4 Å². The van der Waals surface area contributed by atoms with Gasteiger partial charge in [-0.1, -0.05) is 17.7 Å². The van der Waals surface area contributed by atoms with E-state index < -0.39 is 0 Å². The van der Waals surface area contributed by atoms with Crippen LogP contribution in [-0.2, 0) is 7.05 Å². The van der Waals surface area contributed by atoms with Crippen LogP contribution in [0.25, 0.3) is 5.57 Å². The normalized spacial score (nSPS) is 17.2. The van der Waals surface area contributed by atoms with Crippen LogP contribution in [-0.4, -0.2) is 22.9 Å². The van der Waals surface area contributed by atoms with E-state index in [9.17, 15) is 0 Å². The van der Waals surface area contributed by atoms with Gasteiger partial charge in [0, 0.05) is 13.6 Å². The minimum Gasteiger partial charge on any atom is -0.313 e. The number of nitrogens with one attached hydrogen (secondary N) is 1. The zero-order chi connectivity index (χ0) is 9.26. The van der Waals surface area contributed by atoms with Gasteiger partial charge in [-0.2, -0.15) is 5.10 Å². The fourth-order valence-corrected chi connectivity index (χ4v) is 1.90. The molecule has 0 spiro atoms. The zero-order valence-electron chi connectivity index (χ0n) is 7.55. The van der Waals surface area contributed by atoms with Crippen molar-refractivity contribution in [2.24, 2.45) is 7.05 Å². The first kappa shape index (κ1) is 8.78. The predicted molar refractivity (Wildman–Crippen MR) is 53.7 cm³/mol. The summed E-state index contributed by atoms with van der Waals surface area (Å²) in [7, 11) is 1.92. The third-order valence-electron chi connectivity index (χ3n) is 2.26. The topological polar surface area (TPSA) is 29.9 Å². The molecule has 0 saturated heterocycles. The molecule has 0 amide bonds. The molecule has 2 heterocycles. The highest BCUT2D eigenvalue weighted by molar-refractivity contribution is 6.32. The van der Waals surface area contributed by atoms with Crippen LogP contribution in [0, 0.1) is 0 Å². The SMILES string of the molecule is Cn1ncc(Cl)c1C1=CCNCC1. The first-order valence-electron chi connectivity index (χ1n) is 4.36. The standard InChI is InChI=1S/C9H12ClN3/c1-13-9(8(10)6-12-13)7-2-4-11-5-3-7/h2,6,11H,3-5H2,1H3. The molecule has 1 N–H and O–H groups in total. The molecule has 0 aromatic carbocycles. The number of nitrogens with zero attached hydrogens (tertiary/aromatic N) is 2. The molecule has 0 bridgehead atoms. The summed E-state index contributed by atoms with van der Waals surface area (Å²) >= 11 is 6.03. The van der Waals surface area contributed by atoms with Crippen LogP contribution in [0.2, 0.25) is 5.02 Å². The van der Waals surface area contributed by atoms with E-state index in [4.69, 9.17) is 11.6 Å². The van der Waals surface area contributed by atoms with Gasteiger partial charge in [-0.3, -0.25) is 4.68 Å². The summed E-state index contributed by atoms with van der Waals surface area (Å²) in [4.78, 5) is 0. The average molecular weight is 198 g/mol. The second-order valence-corrected chi connectivity index (χ2v) is 3.56. The Balaban J connectivity index is 2.38. The summed E-state index contributed by atoms with van der Waals surface area (Å²) in [5.74, 6) is 0. The molecule has 2 rings (SSSR count).